The normalized spacial score (nSPS) is 17.8. The second-order valence-corrected chi connectivity index (χ2v) is 5.35. The Labute approximate surface area is 93.4 Å². The van der Waals surface area contributed by atoms with Gasteiger partial charge in [0.25, 0.3) is 0 Å². The van der Waals surface area contributed by atoms with Crippen LogP contribution in [0.1, 0.15) is 6.92 Å². The summed E-state index contributed by atoms with van der Waals surface area (Å²) in [4.78, 5) is 7.79. The van der Waals surface area contributed by atoms with E-state index >= 15 is 0 Å². The summed E-state index contributed by atoms with van der Waals surface area (Å²) in [5.74, 6) is 0.531. The molecule has 84 valence electrons. The standard InChI is InChI=1S/C10H10N2O3S/c1-8-12-6-10(16(8,13)14)7-15-9-3-2-4-11-5-9/h2-6H,7H2,1H3. The number of rotatable bonds is 3. The molecule has 2 rings (SSSR count). The van der Waals surface area contributed by atoms with Crippen molar-refractivity contribution in [3.63, 3.8) is 0 Å². The molecule has 0 saturated carbocycles. The van der Waals surface area contributed by atoms with Crippen molar-refractivity contribution < 1.29 is 13.2 Å². The highest BCUT2D eigenvalue weighted by molar-refractivity contribution is 8.09. The molecule has 1 aromatic rings. The first-order chi connectivity index (χ1) is 7.60. The van der Waals surface area contributed by atoms with Crippen molar-refractivity contribution in [2.45, 2.75) is 6.92 Å². The van der Waals surface area contributed by atoms with E-state index in [-0.39, 0.29) is 16.6 Å². The highest BCUT2D eigenvalue weighted by atomic mass is 32.2. The van der Waals surface area contributed by atoms with Crippen LogP contribution in [0.25, 0.3) is 0 Å². The Bertz CT molecular complexity index is 547. The second kappa shape index (κ2) is 4.05. The van der Waals surface area contributed by atoms with Gasteiger partial charge in [-0.2, -0.15) is 0 Å². The zero-order valence-corrected chi connectivity index (χ0v) is 9.44. The number of sulfone groups is 1. The lowest BCUT2D eigenvalue weighted by atomic mass is 10.5. The van der Waals surface area contributed by atoms with E-state index in [0.717, 1.165) is 0 Å². The maximum Gasteiger partial charge on any atom is 0.220 e. The molecule has 0 aromatic carbocycles. The maximum atomic E-state index is 11.6. The van der Waals surface area contributed by atoms with Gasteiger partial charge in [0.2, 0.25) is 9.84 Å². The minimum atomic E-state index is -3.37. The first kappa shape index (κ1) is 10.8. The van der Waals surface area contributed by atoms with Gasteiger partial charge in [-0.1, -0.05) is 0 Å². The third kappa shape index (κ3) is 1.96. The molecular formula is C10H10N2O3S. The van der Waals surface area contributed by atoms with Crippen molar-refractivity contribution >= 4 is 14.9 Å². The van der Waals surface area contributed by atoms with Crippen LogP contribution in [-0.4, -0.2) is 25.1 Å². The van der Waals surface area contributed by atoms with Crippen LogP contribution < -0.4 is 4.74 Å². The Hall–Kier alpha value is -1.69. The Morgan fingerprint density at radius 1 is 1.44 bits per heavy atom. The molecule has 16 heavy (non-hydrogen) atoms. The molecule has 0 amide bonds. The van der Waals surface area contributed by atoms with Crippen LogP contribution in [0, 0.1) is 0 Å². The van der Waals surface area contributed by atoms with Crippen LogP contribution in [0.4, 0.5) is 0 Å². The smallest absolute Gasteiger partial charge is 0.220 e. The zero-order valence-electron chi connectivity index (χ0n) is 8.62. The van der Waals surface area contributed by atoms with Gasteiger partial charge in [0.1, 0.15) is 22.3 Å². The minimum Gasteiger partial charge on any atom is -0.486 e. The number of hydrogen-bond acceptors (Lipinski definition) is 5. The lowest BCUT2D eigenvalue weighted by Crippen LogP contribution is -2.14. The third-order valence-electron chi connectivity index (χ3n) is 2.14. The van der Waals surface area contributed by atoms with E-state index in [4.69, 9.17) is 4.74 Å². The summed E-state index contributed by atoms with van der Waals surface area (Å²) in [5.41, 5.74) is 0. The Morgan fingerprint density at radius 3 is 2.81 bits per heavy atom. The molecule has 0 saturated heterocycles. The van der Waals surface area contributed by atoms with Crippen LogP contribution in [0.5, 0.6) is 5.75 Å². The highest BCUT2D eigenvalue weighted by Gasteiger charge is 2.26. The van der Waals surface area contributed by atoms with Gasteiger partial charge in [0.05, 0.1) is 6.20 Å². The van der Waals surface area contributed by atoms with Gasteiger partial charge in [-0.15, -0.1) is 0 Å². The van der Waals surface area contributed by atoms with E-state index in [9.17, 15) is 8.42 Å². The molecular weight excluding hydrogens is 228 g/mol. The van der Waals surface area contributed by atoms with E-state index in [1.807, 2.05) is 0 Å². The topological polar surface area (TPSA) is 68.6 Å². The molecule has 2 heterocycles. The molecule has 1 aliphatic heterocycles. The predicted molar refractivity (Wildman–Crippen MR) is 59.8 cm³/mol. The van der Waals surface area contributed by atoms with E-state index in [0.29, 0.717) is 5.75 Å². The molecule has 6 heteroatoms. The molecule has 0 atom stereocenters. The molecule has 0 radical (unpaired) electrons. The minimum absolute atomic E-state index is 0.0190. The maximum absolute atomic E-state index is 11.6. The van der Waals surface area contributed by atoms with Gasteiger partial charge in [0, 0.05) is 12.4 Å². The van der Waals surface area contributed by atoms with Crippen molar-refractivity contribution in [3.8, 4) is 5.75 Å². The van der Waals surface area contributed by atoms with E-state index in [2.05, 4.69) is 9.98 Å². The van der Waals surface area contributed by atoms with Crippen molar-refractivity contribution in [1.29, 1.82) is 0 Å². The number of nitrogens with zero attached hydrogens (tertiary/aromatic N) is 2. The Morgan fingerprint density at radius 2 is 2.25 bits per heavy atom. The largest absolute Gasteiger partial charge is 0.486 e. The van der Waals surface area contributed by atoms with Gasteiger partial charge >= 0.3 is 0 Å². The van der Waals surface area contributed by atoms with Gasteiger partial charge < -0.3 is 4.74 Å². The molecule has 1 aliphatic rings. The van der Waals surface area contributed by atoms with Crippen molar-refractivity contribution in [3.05, 3.63) is 35.6 Å². The van der Waals surface area contributed by atoms with Crippen LogP contribution in [0.3, 0.4) is 0 Å². The predicted octanol–water partition coefficient (Wildman–Crippen LogP) is 1.15. The highest BCUT2D eigenvalue weighted by Crippen LogP contribution is 2.18. The molecule has 0 aliphatic carbocycles. The van der Waals surface area contributed by atoms with E-state index in [1.54, 1.807) is 18.3 Å². The van der Waals surface area contributed by atoms with Crippen molar-refractivity contribution in [2.75, 3.05) is 6.61 Å². The molecule has 5 nitrogen and oxygen atoms in total. The molecule has 0 unspecified atom stereocenters. The summed E-state index contributed by atoms with van der Waals surface area (Å²) in [5, 5.41) is 0.109. The summed E-state index contributed by atoms with van der Waals surface area (Å²) in [6, 6.07) is 3.43. The lowest BCUT2D eigenvalue weighted by Gasteiger charge is -2.05. The average molecular weight is 238 g/mol. The fraction of sp³-hybridized carbons (Fsp3) is 0.200. The zero-order chi connectivity index (χ0) is 11.6. The van der Waals surface area contributed by atoms with Crippen molar-refractivity contribution in [2.24, 2.45) is 4.99 Å². The third-order valence-corrected chi connectivity index (χ3v) is 3.94. The number of aliphatic imine (C=N–C) groups is 1. The summed E-state index contributed by atoms with van der Waals surface area (Å²) in [7, 11) is -3.37. The van der Waals surface area contributed by atoms with Gasteiger partial charge in [0.15, 0.2) is 0 Å². The summed E-state index contributed by atoms with van der Waals surface area (Å²) < 4.78 is 28.5. The van der Waals surface area contributed by atoms with E-state index in [1.165, 1.54) is 19.3 Å². The Balaban J connectivity index is 2.05. The van der Waals surface area contributed by atoms with Crippen LogP contribution in [-0.2, 0) is 9.84 Å². The fourth-order valence-corrected chi connectivity index (χ4v) is 2.17. The second-order valence-electron chi connectivity index (χ2n) is 3.22. The fourth-order valence-electron chi connectivity index (χ4n) is 1.19. The van der Waals surface area contributed by atoms with Crippen LogP contribution in [0.15, 0.2) is 40.6 Å². The van der Waals surface area contributed by atoms with Gasteiger partial charge in [-0.25, -0.2) is 13.4 Å². The number of hydrogen-bond donors (Lipinski definition) is 0. The Kier molecular flexibility index (Phi) is 2.74. The SMILES string of the molecule is CC1=NC=C(COc2cccnc2)S1(=O)=O. The first-order valence-electron chi connectivity index (χ1n) is 4.62. The molecule has 1 aromatic heterocycles. The van der Waals surface area contributed by atoms with Crippen LogP contribution >= 0.6 is 0 Å². The lowest BCUT2D eigenvalue weighted by molar-refractivity contribution is 0.356. The average Bonchev–Trinajstić information content (AvgIpc) is 2.53. The monoisotopic (exact) mass is 238 g/mol. The van der Waals surface area contributed by atoms with E-state index < -0.39 is 9.84 Å². The molecule has 0 N–H and O–H groups in total. The molecule has 0 bridgehead atoms. The van der Waals surface area contributed by atoms with Crippen LogP contribution in [0.2, 0.25) is 0 Å². The summed E-state index contributed by atoms with van der Waals surface area (Å²) in [6.07, 6.45) is 4.46. The summed E-state index contributed by atoms with van der Waals surface area (Å²) in [6.45, 7) is 1.44. The molecule has 0 spiro atoms. The van der Waals surface area contributed by atoms with Gasteiger partial charge in [-0.05, 0) is 19.1 Å². The number of ether oxygens (including phenoxy) is 1. The van der Waals surface area contributed by atoms with Gasteiger partial charge in [-0.3, -0.25) is 4.98 Å². The quantitative estimate of drug-likeness (QED) is 0.792. The van der Waals surface area contributed by atoms with Crippen molar-refractivity contribution in [1.82, 2.24) is 4.98 Å². The number of pyridine rings is 1. The number of aromatic nitrogens is 1. The first-order valence-corrected chi connectivity index (χ1v) is 6.10. The summed E-state index contributed by atoms with van der Waals surface area (Å²) >= 11 is 0. The molecule has 0 fully saturated rings.